The third-order valence-corrected chi connectivity index (χ3v) is 5.09. The maximum atomic E-state index is 12.6. The van der Waals surface area contributed by atoms with Crippen molar-refractivity contribution in [2.24, 2.45) is 0 Å². The number of nitrogens with zero attached hydrogens (tertiary/aromatic N) is 1. The highest BCUT2D eigenvalue weighted by Crippen LogP contribution is 2.37. The number of carbonyl (C=O) groups excluding carboxylic acids is 2. The van der Waals surface area contributed by atoms with Gasteiger partial charge in [0.15, 0.2) is 0 Å². The van der Waals surface area contributed by atoms with Crippen LogP contribution in [0.5, 0.6) is 5.75 Å². The van der Waals surface area contributed by atoms with Gasteiger partial charge in [0.1, 0.15) is 12.3 Å². The van der Waals surface area contributed by atoms with Crippen molar-refractivity contribution in [1.82, 2.24) is 0 Å². The zero-order valence-electron chi connectivity index (χ0n) is 14.2. The van der Waals surface area contributed by atoms with Gasteiger partial charge < -0.3 is 15.0 Å². The summed E-state index contributed by atoms with van der Waals surface area (Å²) in [5.41, 5.74) is 1.47. The van der Waals surface area contributed by atoms with Gasteiger partial charge in [0, 0.05) is 22.3 Å². The van der Waals surface area contributed by atoms with E-state index in [1.54, 1.807) is 48.0 Å². The third-order valence-electron chi connectivity index (χ3n) is 3.92. The molecule has 6 heteroatoms. The summed E-state index contributed by atoms with van der Waals surface area (Å²) >= 11 is 1.67. The first kappa shape index (κ1) is 17.4. The Labute approximate surface area is 151 Å². The summed E-state index contributed by atoms with van der Waals surface area (Å²) in [5, 5.41) is 3.01. The highest BCUT2D eigenvalue weighted by atomic mass is 32.2. The quantitative estimate of drug-likeness (QED) is 0.910. The number of nitrogens with one attached hydrogen (secondary N) is 1. The summed E-state index contributed by atoms with van der Waals surface area (Å²) in [4.78, 5) is 27.6. The van der Waals surface area contributed by atoms with E-state index in [0.29, 0.717) is 12.1 Å². The maximum absolute atomic E-state index is 12.6. The van der Waals surface area contributed by atoms with Crippen molar-refractivity contribution >= 4 is 35.0 Å². The lowest BCUT2D eigenvalue weighted by molar-refractivity contribution is -0.121. The van der Waals surface area contributed by atoms with Crippen molar-refractivity contribution < 1.29 is 14.3 Å². The smallest absolute Gasteiger partial charge is 0.244 e. The highest BCUT2D eigenvalue weighted by molar-refractivity contribution is 8.00. The Morgan fingerprint density at radius 3 is 2.68 bits per heavy atom. The van der Waals surface area contributed by atoms with Gasteiger partial charge in [-0.05, 0) is 36.4 Å². The second kappa shape index (κ2) is 7.61. The zero-order chi connectivity index (χ0) is 17.8. The van der Waals surface area contributed by atoms with Crippen molar-refractivity contribution in [3.63, 3.8) is 0 Å². The van der Waals surface area contributed by atoms with Crippen LogP contribution in [0.3, 0.4) is 0 Å². The summed E-state index contributed by atoms with van der Waals surface area (Å²) in [7, 11) is 1.59. The van der Waals surface area contributed by atoms with Gasteiger partial charge in [0.25, 0.3) is 0 Å². The first-order chi connectivity index (χ1) is 12.1. The fourth-order valence-electron chi connectivity index (χ4n) is 2.72. The number of amides is 2. The van der Waals surface area contributed by atoms with Gasteiger partial charge in [0.2, 0.25) is 11.8 Å². The molecule has 0 aliphatic carbocycles. The number of carbonyl (C=O) groups is 2. The standard InChI is InChI=1S/C19H20N2O3S/c1-13-11-19(23)21(16-5-3-4-6-17(16)25-13)12-18(22)20-14-7-9-15(24-2)10-8-14/h3-10,13H,11-12H2,1-2H3,(H,20,22). The number of benzene rings is 2. The number of hydrogen-bond donors (Lipinski definition) is 1. The minimum Gasteiger partial charge on any atom is -0.497 e. The summed E-state index contributed by atoms with van der Waals surface area (Å²) in [6.07, 6.45) is 0.412. The third kappa shape index (κ3) is 4.14. The second-order valence-electron chi connectivity index (χ2n) is 5.86. The number of methoxy groups -OCH3 is 1. The lowest BCUT2D eigenvalue weighted by Crippen LogP contribution is -2.38. The molecular formula is C19H20N2O3S. The van der Waals surface area contributed by atoms with Crippen LogP contribution in [0, 0.1) is 0 Å². The molecule has 0 saturated heterocycles. The lowest BCUT2D eigenvalue weighted by Gasteiger charge is -2.22. The monoisotopic (exact) mass is 356 g/mol. The number of anilines is 2. The summed E-state index contributed by atoms with van der Waals surface area (Å²) in [5.74, 6) is 0.461. The van der Waals surface area contributed by atoms with Gasteiger partial charge >= 0.3 is 0 Å². The molecule has 1 aliphatic rings. The zero-order valence-corrected chi connectivity index (χ0v) is 15.0. The van der Waals surface area contributed by atoms with Crippen LogP contribution in [0.2, 0.25) is 0 Å². The first-order valence-electron chi connectivity index (χ1n) is 8.07. The molecule has 2 amide bonds. The van der Waals surface area contributed by atoms with Gasteiger partial charge in [-0.3, -0.25) is 9.59 Å². The number of thioether (sulfide) groups is 1. The van der Waals surface area contributed by atoms with Crippen LogP contribution in [0.25, 0.3) is 0 Å². The topological polar surface area (TPSA) is 58.6 Å². The van der Waals surface area contributed by atoms with E-state index in [1.807, 2.05) is 31.2 Å². The molecule has 0 saturated carbocycles. The van der Waals surface area contributed by atoms with Crippen molar-refractivity contribution in [3.8, 4) is 5.75 Å². The summed E-state index contributed by atoms with van der Waals surface area (Å²) < 4.78 is 5.10. The van der Waals surface area contributed by atoms with E-state index in [0.717, 1.165) is 16.3 Å². The maximum Gasteiger partial charge on any atom is 0.244 e. The predicted octanol–water partition coefficient (Wildman–Crippen LogP) is 3.55. The van der Waals surface area contributed by atoms with Crippen molar-refractivity contribution in [3.05, 3.63) is 48.5 Å². The van der Waals surface area contributed by atoms with Crippen LogP contribution >= 0.6 is 11.8 Å². The molecular weight excluding hydrogens is 336 g/mol. The van der Waals surface area contributed by atoms with E-state index < -0.39 is 0 Å². The lowest BCUT2D eigenvalue weighted by atomic mass is 10.2. The second-order valence-corrected chi connectivity index (χ2v) is 7.34. The SMILES string of the molecule is COc1ccc(NC(=O)CN2C(=O)CC(C)Sc3ccccc32)cc1. The highest BCUT2D eigenvalue weighted by Gasteiger charge is 2.27. The molecule has 0 bridgehead atoms. The average molecular weight is 356 g/mol. The number of hydrogen-bond acceptors (Lipinski definition) is 4. The fourth-order valence-corrected chi connectivity index (χ4v) is 3.84. The van der Waals surface area contributed by atoms with Gasteiger partial charge in [0.05, 0.1) is 12.8 Å². The molecule has 1 N–H and O–H groups in total. The molecule has 130 valence electrons. The van der Waals surface area contributed by atoms with Crippen LogP contribution in [-0.4, -0.2) is 30.7 Å². The minimum atomic E-state index is -0.229. The molecule has 3 rings (SSSR count). The minimum absolute atomic E-state index is 0.00481. The number of para-hydroxylation sites is 1. The molecule has 0 spiro atoms. The average Bonchev–Trinajstić information content (AvgIpc) is 2.71. The molecule has 0 aromatic heterocycles. The van der Waals surface area contributed by atoms with Crippen molar-refractivity contribution in [2.75, 3.05) is 23.9 Å². The van der Waals surface area contributed by atoms with Gasteiger partial charge in [-0.1, -0.05) is 19.1 Å². The van der Waals surface area contributed by atoms with Crippen LogP contribution in [0.1, 0.15) is 13.3 Å². The Morgan fingerprint density at radius 1 is 1.24 bits per heavy atom. The molecule has 5 nitrogen and oxygen atoms in total. The summed E-state index contributed by atoms with van der Waals surface area (Å²) in [6.45, 7) is 2.02. The Bertz CT molecular complexity index is 776. The van der Waals surface area contributed by atoms with Gasteiger partial charge in [-0.15, -0.1) is 11.8 Å². The Kier molecular flexibility index (Phi) is 5.28. The van der Waals surface area contributed by atoms with Gasteiger partial charge in [-0.2, -0.15) is 0 Å². The molecule has 25 heavy (non-hydrogen) atoms. The molecule has 1 unspecified atom stereocenters. The Morgan fingerprint density at radius 2 is 1.96 bits per heavy atom. The fraction of sp³-hybridized carbons (Fsp3) is 0.263. The molecule has 1 aliphatic heterocycles. The Balaban J connectivity index is 1.76. The van der Waals surface area contributed by atoms with E-state index in [2.05, 4.69) is 5.32 Å². The molecule has 1 heterocycles. The number of fused-ring (bicyclic) bond motifs is 1. The van der Waals surface area contributed by atoms with Crippen LogP contribution in [0.4, 0.5) is 11.4 Å². The van der Waals surface area contributed by atoms with Gasteiger partial charge in [-0.25, -0.2) is 0 Å². The summed E-state index contributed by atoms with van der Waals surface area (Å²) in [6, 6.07) is 14.8. The molecule has 0 radical (unpaired) electrons. The normalized spacial score (nSPS) is 16.8. The molecule has 2 aromatic carbocycles. The van der Waals surface area contributed by atoms with Crippen molar-refractivity contribution in [2.45, 2.75) is 23.5 Å². The molecule has 1 atom stereocenters. The van der Waals surface area contributed by atoms with E-state index in [-0.39, 0.29) is 23.6 Å². The first-order valence-corrected chi connectivity index (χ1v) is 8.94. The van der Waals surface area contributed by atoms with E-state index in [4.69, 9.17) is 4.74 Å². The van der Waals surface area contributed by atoms with Crippen LogP contribution < -0.4 is 15.0 Å². The van der Waals surface area contributed by atoms with E-state index in [1.165, 1.54) is 0 Å². The predicted molar refractivity (Wildman–Crippen MR) is 100 cm³/mol. The van der Waals surface area contributed by atoms with Crippen LogP contribution in [0.15, 0.2) is 53.4 Å². The number of rotatable bonds is 4. The number of ether oxygens (including phenoxy) is 1. The largest absolute Gasteiger partial charge is 0.497 e. The Hall–Kier alpha value is -2.47. The molecule has 2 aromatic rings. The van der Waals surface area contributed by atoms with Crippen LogP contribution in [-0.2, 0) is 9.59 Å². The molecule has 0 fully saturated rings. The van der Waals surface area contributed by atoms with E-state index in [9.17, 15) is 9.59 Å². The van der Waals surface area contributed by atoms with E-state index >= 15 is 0 Å². The van der Waals surface area contributed by atoms with Crippen molar-refractivity contribution in [1.29, 1.82) is 0 Å².